The van der Waals surface area contributed by atoms with Crippen molar-refractivity contribution in [3.8, 4) is 0 Å². The Morgan fingerprint density at radius 2 is 1.85 bits per heavy atom. The number of aromatic nitrogens is 1. The van der Waals surface area contributed by atoms with E-state index in [-0.39, 0.29) is 11.5 Å². The number of amides is 1. The van der Waals surface area contributed by atoms with E-state index in [0.29, 0.717) is 28.1 Å². The third-order valence-electron chi connectivity index (χ3n) is 4.04. The fourth-order valence-corrected chi connectivity index (χ4v) is 2.69. The van der Waals surface area contributed by atoms with Crippen molar-refractivity contribution in [2.45, 2.75) is 19.8 Å². The molecular weight excluding hydrogens is 332 g/mol. The van der Waals surface area contributed by atoms with Crippen LogP contribution in [0.4, 0.5) is 5.69 Å². The van der Waals surface area contributed by atoms with E-state index in [1.807, 2.05) is 19.9 Å². The second-order valence-corrected chi connectivity index (χ2v) is 6.33. The van der Waals surface area contributed by atoms with E-state index in [2.05, 4.69) is 10.3 Å². The van der Waals surface area contributed by atoms with E-state index < -0.39 is 11.5 Å². The number of rotatable bonds is 3. The average Bonchev–Trinajstić information content (AvgIpc) is 3.04. The van der Waals surface area contributed by atoms with Gasteiger partial charge in [-0.25, -0.2) is 9.78 Å². The molecule has 26 heavy (non-hydrogen) atoms. The van der Waals surface area contributed by atoms with Crippen LogP contribution in [0.15, 0.2) is 62.2 Å². The molecule has 0 saturated heterocycles. The summed E-state index contributed by atoms with van der Waals surface area (Å²) in [5, 5.41) is 3.39. The first kappa shape index (κ1) is 16.1. The zero-order valence-electron chi connectivity index (χ0n) is 14.3. The molecule has 0 aliphatic carbocycles. The molecule has 2 heterocycles. The van der Waals surface area contributed by atoms with Gasteiger partial charge in [-0.05, 0) is 24.3 Å². The molecule has 130 valence electrons. The molecule has 0 unspecified atom stereocenters. The van der Waals surface area contributed by atoms with Crippen LogP contribution in [-0.2, 0) is 0 Å². The molecule has 2 aromatic carbocycles. The van der Waals surface area contributed by atoms with Gasteiger partial charge < -0.3 is 14.2 Å². The minimum Gasteiger partial charge on any atom is -0.440 e. The lowest BCUT2D eigenvalue weighted by atomic mass is 10.1. The molecule has 4 rings (SSSR count). The number of hydrogen-bond donors (Lipinski definition) is 1. The summed E-state index contributed by atoms with van der Waals surface area (Å²) in [6.07, 6.45) is 0. The summed E-state index contributed by atoms with van der Waals surface area (Å²) in [7, 11) is 0. The van der Waals surface area contributed by atoms with E-state index >= 15 is 0 Å². The number of hydrogen-bond acceptors (Lipinski definition) is 5. The van der Waals surface area contributed by atoms with Gasteiger partial charge in [0.05, 0.1) is 0 Å². The van der Waals surface area contributed by atoms with E-state index in [1.54, 1.807) is 36.4 Å². The van der Waals surface area contributed by atoms with Gasteiger partial charge in [0.2, 0.25) is 0 Å². The summed E-state index contributed by atoms with van der Waals surface area (Å²) >= 11 is 0. The minimum atomic E-state index is -0.677. The highest BCUT2D eigenvalue weighted by molar-refractivity contribution is 6.06. The quantitative estimate of drug-likeness (QED) is 0.558. The van der Waals surface area contributed by atoms with Crippen molar-refractivity contribution in [1.29, 1.82) is 0 Å². The van der Waals surface area contributed by atoms with Crippen molar-refractivity contribution in [2.75, 3.05) is 5.32 Å². The van der Waals surface area contributed by atoms with E-state index in [9.17, 15) is 9.59 Å². The van der Waals surface area contributed by atoms with Crippen LogP contribution >= 0.6 is 0 Å². The van der Waals surface area contributed by atoms with E-state index in [4.69, 9.17) is 8.83 Å². The first-order valence-corrected chi connectivity index (χ1v) is 8.26. The number of para-hydroxylation sites is 1. The Morgan fingerprint density at radius 1 is 1.04 bits per heavy atom. The standard InChI is InChI=1S/C20H16N2O4/c1-11(2)19-22-15-8-7-13(10-17(15)25-19)21-18(23)14-9-12-5-3-4-6-16(12)26-20(14)24/h3-11H,1-2H3,(H,21,23). The summed E-state index contributed by atoms with van der Waals surface area (Å²) in [6, 6.07) is 13.7. The van der Waals surface area contributed by atoms with Crippen molar-refractivity contribution >= 4 is 33.7 Å². The van der Waals surface area contributed by atoms with Crippen LogP contribution < -0.4 is 10.9 Å². The Kier molecular flexibility index (Phi) is 3.80. The van der Waals surface area contributed by atoms with E-state index in [0.717, 1.165) is 5.52 Å². The zero-order valence-corrected chi connectivity index (χ0v) is 14.3. The van der Waals surface area contributed by atoms with Gasteiger partial charge in [0, 0.05) is 23.1 Å². The van der Waals surface area contributed by atoms with Gasteiger partial charge in [0.15, 0.2) is 11.5 Å². The van der Waals surface area contributed by atoms with Crippen LogP contribution in [0.3, 0.4) is 0 Å². The molecular formula is C20H16N2O4. The predicted octanol–water partition coefficient (Wildman–Crippen LogP) is 4.31. The minimum absolute atomic E-state index is 0.0516. The maximum absolute atomic E-state index is 12.5. The highest BCUT2D eigenvalue weighted by Crippen LogP contribution is 2.24. The Labute approximate surface area is 148 Å². The van der Waals surface area contributed by atoms with Crippen LogP contribution in [-0.4, -0.2) is 10.9 Å². The molecule has 6 heteroatoms. The fourth-order valence-electron chi connectivity index (χ4n) is 2.69. The molecule has 1 amide bonds. The number of carbonyl (C=O) groups is 1. The monoisotopic (exact) mass is 348 g/mol. The van der Waals surface area contributed by atoms with Gasteiger partial charge in [-0.2, -0.15) is 0 Å². The van der Waals surface area contributed by atoms with Crippen molar-refractivity contribution in [3.05, 3.63) is 70.4 Å². The molecule has 4 aromatic rings. The van der Waals surface area contributed by atoms with Crippen LogP contribution in [0, 0.1) is 0 Å². The molecule has 0 fully saturated rings. The molecule has 0 spiro atoms. The summed E-state index contributed by atoms with van der Waals surface area (Å²) in [5.74, 6) is 0.272. The molecule has 0 saturated carbocycles. The smallest absolute Gasteiger partial charge is 0.349 e. The van der Waals surface area contributed by atoms with Gasteiger partial charge in [0.1, 0.15) is 16.7 Å². The molecule has 0 aliphatic heterocycles. The number of nitrogens with one attached hydrogen (secondary N) is 1. The Hall–Kier alpha value is -3.41. The highest BCUT2D eigenvalue weighted by Gasteiger charge is 2.15. The van der Waals surface area contributed by atoms with Crippen LogP contribution in [0.25, 0.3) is 22.1 Å². The molecule has 1 N–H and O–H groups in total. The lowest BCUT2D eigenvalue weighted by molar-refractivity contribution is 0.102. The molecule has 0 atom stereocenters. The average molecular weight is 348 g/mol. The summed E-state index contributed by atoms with van der Waals surface area (Å²) in [5.41, 5.74) is 1.53. The van der Waals surface area contributed by atoms with Gasteiger partial charge in [-0.1, -0.05) is 32.0 Å². The first-order chi connectivity index (χ1) is 12.5. The Bertz CT molecular complexity index is 1190. The van der Waals surface area contributed by atoms with Crippen molar-refractivity contribution in [1.82, 2.24) is 4.98 Å². The van der Waals surface area contributed by atoms with Gasteiger partial charge in [0.25, 0.3) is 5.91 Å². The van der Waals surface area contributed by atoms with Crippen LogP contribution in [0.1, 0.15) is 36.0 Å². The highest BCUT2D eigenvalue weighted by atomic mass is 16.4. The number of oxazole rings is 1. The Balaban J connectivity index is 1.66. The Morgan fingerprint density at radius 3 is 2.65 bits per heavy atom. The molecule has 0 bridgehead atoms. The lowest BCUT2D eigenvalue weighted by Gasteiger charge is -2.05. The summed E-state index contributed by atoms with van der Waals surface area (Å²) in [4.78, 5) is 29.0. The van der Waals surface area contributed by atoms with Crippen molar-refractivity contribution < 1.29 is 13.6 Å². The molecule has 6 nitrogen and oxygen atoms in total. The predicted molar refractivity (Wildman–Crippen MR) is 98.5 cm³/mol. The second kappa shape index (κ2) is 6.15. The maximum atomic E-state index is 12.5. The summed E-state index contributed by atoms with van der Waals surface area (Å²) < 4.78 is 10.9. The number of nitrogens with zero attached hydrogens (tertiary/aromatic N) is 1. The normalized spacial score (nSPS) is 11.3. The van der Waals surface area contributed by atoms with Crippen LogP contribution in [0.5, 0.6) is 0 Å². The molecule has 0 radical (unpaired) electrons. The van der Waals surface area contributed by atoms with Gasteiger partial charge >= 0.3 is 5.63 Å². The fraction of sp³-hybridized carbons (Fsp3) is 0.150. The van der Waals surface area contributed by atoms with Gasteiger partial charge in [-0.15, -0.1) is 0 Å². The van der Waals surface area contributed by atoms with Gasteiger partial charge in [-0.3, -0.25) is 4.79 Å². The largest absolute Gasteiger partial charge is 0.440 e. The molecule has 2 aromatic heterocycles. The SMILES string of the molecule is CC(C)c1nc2ccc(NC(=O)c3cc4ccccc4oc3=O)cc2o1. The number of benzene rings is 2. The van der Waals surface area contributed by atoms with Crippen LogP contribution in [0.2, 0.25) is 0 Å². The zero-order chi connectivity index (χ0) is 18.3. The first-order valence-electron chi connectivity index (χ1n) is 8.26. The topological polar surface area (TPSA) is 85.3 Å². The maximum Gasteiger partial charge on any atom is 0.349 e. The van der Waals surface area contributed by atoms with Crippen molar-refractivity contribution in [3.63, 3.8) is 0 Å². The van der Waals surface area contributed by atoms with E-state index in [1.165, 1.54) is 6.07 Å². The third kappa shape index (κ3) is 2.86. The number of anilines is 1. The third-order valence-corrected chi connectivity index (χ3v) is 4.04. The molecule has 0 aliphatic rings. The number of carbonyl (C=O) groups excluding carboxylic acids is 1. The number of fused-ring (bicyclic) bond motifs is 2. The van der Waals surface area contributed by atoms with Crippen molar-refractivity contribution in [2.24, 2.45) is 0 Å². The lowest BCUT2D eigenvalue weighted by Crippen LogP contribution is -2.20. The summed E-state index contributed by atoms with van der Waals surface area (Å²) in [6.45, 7) is 3.98. The second-order valence-electron chi connectivity index (χ2n) is 6.33.